The Morgan fingerprint density at radius 3 is 2.65 bits per heavy atom. The first-order chi connectivity index (χ1) is 7.89. The largest absolute Gasteiger partial charge is 0.481 e. The van der Waals surface area contributed by atoms with Crippen LogP contribution < -0.4 is 0 Å². The van der Waals surface area contributed by atoms with Gasteiger partial charge in [-0.25, -0.2) is 4.68 Å². The molecule has 17 heavy (non-hydrogen) atoms. The van der Waals surface area contributed by atoms with Gasteiger partial charge in [-0.05, 0) is 28.7 Å². The van der Waals surface area contributed by atoms with Crippen LogP contribution in [0.4, 0.5) is 0 Å². The van der Waals surface area contributed by atoms with Crippen molar-refractivity contribution in [1.82, 2.24) is 20.2 Å². The van der Waals surface area contributed by atoms with Crippen molar-refractivity contribution in [3.63, 3.8) is 0 Å². The molecule has 0 amide bonds. The lowest BCUT2D eigenvalue weighted by molar-refractivity contribution is -0.138. The summed E-state index contributed by atoms with van der Waals surface area (Å²) in [4.78, 5) is 11.0. The van der Waals surface area contributed by atoms with Crippen molar-refractivity contribution in [2.45, 2.75) is 52.0 Å². The van der Waals surface area contributed by atoms with Crippen LogP contribution in [-0.2, 0) is 4.79 Å². The van der Waals surface area contributed by atoms with Crippen molar-refractivity contribution in [3.05, 3.63) is 5.82 Å². The molecule has 0 aliphatic heterocycles. The summed E-state index contributed by atoms with van der Waals surface area (Å²) in [5.41, 5.74) is -0.183. The van der Waals surface area contributed by atoms with Crippen molar-refractivity contribution in [2.75, 3.05) is 0 Å². The minimum atomic E-state index is -0.817. The fourth-order valence-corrected chi connectivity index (χ4v) is 1.96. The molecule has 0 saturated heterocycles. The highest BCUT2D eigenvalue weighted by Gasteiger charge is 2.36. The van der Waals surface area contributed by atoms with Crippen LogP contribution >= 0.6 is 0 Å². The van der Waals surface area contributed by atoms with Crippen molar-refractivity contribution in [3.8, 4) is 0 Å². The molecule has 1 N–H and O–H groups in total. The molecule has 2 rings (SSSR count). The van der Waals surface area contributed by atoms with Gasteiger partial charge in [0.05, 0.1) is 12.5 Å². The zero-order valence-corrected chi connectivity index (χ0v) is 10.4. The van der Waals surface area contributed by atoms with Gasteiger partial charge in [0.15, 0.2) is 5.82 Å². The molecule has 6 nitrogen and oxygen atoms in total. The number of aliphatic carboxylic acids is 1. The summed E-state index contributed by atoms with van der Waals surface area (Å²) in [5.74, 6) is 0.442. The summed E-state index contributed by atoms with van der Waals surface area (Å²) in [6.45, 7) is 6.04. The zero-order valence-electron chi connectivity index (χ0n) is 10.4. The molecule has 1 atom stereocenters. The van der Waals surface area contributed by atoms with E-state index < -0.39 is 5.97 Å². The predicted molar refractivity (Wildman–Crippen MR) is 60.5 cm³/mol. The van der Waals surface area contributed by atoms with E-state index in [1.807, 2.05) is 20.8 Å². The standard InChI is InChI=1S/C11H18N4O2/c1-11(2,3)8(6-9(16)17)15-10(7-4-5-7)12-13-14-15/h7-8H,4-6H2,1-3H3,(H,16,17). The second-order valence-electron chi connectivity index (χ2n) is 5.74. The van der Waals surface area contributed by atoms with Gasteiger partial charge < -0.3 is 5.11 Å². The molecular weight excluding hydrogens is 220 g/mol. The van der Waals surface area contributed by atoms with E-state index >= 15 is 0 Å². The van der Waals surface area contributed by atoms with Gasteiger partial charge in [0.25, 0.3) is 0 Å². The van der Waals surface area contributed by atoms with E-state index in [0.29, 0.717) is 5.92 Å². The normalized spacial score (nSPS) is 18.1. The average Bonchev–Trinajstić information content (AvgIpc) is 2.92. The van der Waals surface area contributed by atoms with Crippen molar-refractivity contribution < 1.29 is 9.90 Å². The van der Waals surface area contributed by atoms with Crippen molar-refractivity contribution in [2.24, 2.45) is 5.41 Å². The van der Waals surface area contributed by atoms with Crippen molar-refractivity contribution >= 4 is 5.97 Å². The number of carboxylic acid groups (broad SMARTS) is 1. The number of hydrogen-bond acceptors (Lipinski definition) is 4. The lowest BCUT2D eigenvalue weighted by Gasteiger charge is -2.29. The molecule has 1 unspecified atom stereocenters. The predicted octanol–water partition coefficient (Wildman–Crippen LogP) is 1.61. The molecule has 94 valence electrons. The van der Waals surface area contributed by atoms with Gasteiger partial charge in [-0.1, -0.05) is 20.8 Å². The van der Waals surface area contributed by atoms with Gasteiger partial charge in [-0.15, -0.1) is 5.10 Å². The average molecular weight is 238 g/mol. The van der Waals surface area contributed by atoms with Gasteiger partial charge >= 0.3 is 5.97 Å². The Morgan fingerprint density at radius 1 is 1.53 bits per heavy atom. The van der Waals surface area contributed by atoms with Crippen LogP contribution in [0.15, 0.2) is 0 Å². The van der Waals surface area contributed by atoms with E-state index in [-0.39, 0.29) is 17.9 Å². The molecule has 1 aliphatic carbocycles. The van der Waals surface area contributed by atoms with E-state index in [1.54, 1.807) is 4.68 Å². The van der Waals surface area contributed by atoms with Crippen molar-refractivity contribution in [1.29, 1.82) is 0 Å². The molecule has 1 aliphatic rings. The molecule has 0 bridgehead atoms. The van der Waals surface area contributed by atoms with Crippen LogP contribution in [0.5, 0.6) is 0 Å². The quantitative estimate of drug-likeness (QED) is 0.861. The van der Waals surface area contributed by atoms with Crippen LogP contribution in [0, 0.1) is 5.41 Å². The molecule has 1 fully saturated rings. The second-order valence-corrected chi connectivity index (χ2v) is 5.74. The highest BCUT2D eigenvalue weighted by molar-refractivity contribution is 5.67. The topological polar surface area (TPSA) is 80.9 Å². The van der Waals surface area contributed by atoms with Gasteiger partial charge in [0.2, 0.25) is 0 Å². The summed E-state index contributed by atoms with van der Waals surface area (Å²) in [6, 6.07) is -0.203. The Morgan fingerprint density at radius 2 is 2.18 bits per heavy atom. The first kappa shape index (κ1) is 12.0. The van der Waals surface area contributed by atoms with E-state index in [1.165, 1.54) is 0 Å². The third-order valence-corrected chi connectivity index (χ3v) is 3.12. The monoisotopic (exact) mass is 238 g/mol. The van der Waals surface area contributed by atoms with Crippen LogP contribution in [0.2, 0.25) is 0 Å². The number of tetrazole rings is 1. The minimum Gasteiger partial charge on any atom is -0.481 e. The van der Waals surface area contributed by atoms with Crippen LogP contribution in [0.3, 0.4) is 0 Å². The van der Waals surface area contributed by atoms with Gasteiger partial charge in [-0.3, -0.25) is 4.79 Å². The zero-order chi connectivity index (χ0) is 12.6. The molecule has 0 radical (unpaired) electrons. The lowest BCUT2D eigenvalue weighted by Crippen LogP contribution is -2.29. The number of aromatic nitrogens is 4. The van der Waals surface area contributed by atoms with Gasteiger partial charge in [0, 0.05) is 5.92 Å². The smallest absolute Gasteiger partial charge is 0.305 e. The lowest BCUT2D eigenvalue weighted by atomic mass is 9.84. The Kier molecular flexibility index (Phi) is 2.89. The van der Waals surface area contributed by atoms with E-state index in [4.69, 9.17) is 5.11 Å². The summed E-state index contributed by atoms with van der Waals surface area (Å²) >= 11 is 0. The molecule has 6 heteroatoms. The van der Waals surface area contributed by atoms with E-state index in [2.05, 4.69) is 15.5 Å². The maximum Gasteiger partial charge on any atom is 0.305 e. The Bertz CT molecular complexity index is 417. The maximum absolute atomic E-state index is 11.0. The minimum absolute atomic E-state index is 0.0499. The first-order valence-electron chi connectivity index (χ1n) is 5.89. The highest BCUT2D eigenvalue weighted by atomic mass is 16.4. The van der Waals surface area contributed by atoms with E-state index in [0.717, 1.165) is 18.7 Å². The summed E-state index contributed by atoms with van der Waals surface area (Å²) in [7, 11) is 0. The number of nitrogens with zero attached hydrogens (tertiary/aromatic N) is 4. The third kappa shape index (κ3) is 2.62. The Hall–Kier alpha value is -1.46. The molecule has 0 spiro atoms. The van der Waals surface area contributed by atoms with Crippen LogP contribution in [0.1, 0.15) is 57.8 Å². The molecule has 0 aromatic carbocycles. The summed E-state index contributed by atoms with van der Waals surface area (Å²) in [6.07, 6.45) is 2.25. The van der Waals surface area contributed by atoms with Gasteiger partial charge in [0.1, 0.15) is 0 Å². The number of hydrogen-bond donors (Lipinski definition) is 1. The highest BCUT2D eigenvalue weighted by Crippen LogP contribution is 2.42. The SMILES string of the molecule is CC(C)(C)C(CC(=O)O)n1nnnc1C1CC1. The fourth-order valence-electron chi connectivity index (χ4n) is 1.96. The van der Waals surface area contributed by atoms with Crippen LogP contribution in [-0.4, -0.2) is 31.3 Å². The first-order valence-corrected chi connectivity index (χ1v) is 5.89. The summed E-state index contributed by atoms with van der Waals surface area (Å²) < 4.78 is 1.71. The van der Waals surface area contributed by atoms with Gasteiger partial charge in [-0.2, -0.15) is 0 Å². The van der Waals surface area contributed by atoms with E-state index in [9.17, 15) is 4.79 Å². The third-order valence-electron chi connectivity index (χ3n) is 3.12. The molecule has 1 saturated carbocycles. The molecule has 1 aromatic heterocycles. The number of rotatable bonds is 4. The fraction of sp³-hybridized carbons (Fsp3) is 0.818. The number of carboxylic acids is 1. The van der Waals surface area contributed by atoms with Crippen LogP contribution in [0.25, 0.3) is 0 Å². The second kappa shape index (κ2) is 4.09. The summed E-state index contributed by atoms with van der Waals surface area (Å²) in [5, 5.41) is 20.7. The maximum atomic E-state index is 11.0. The molecule has 1 heterocycles. The molecule has 1 aromatic rings. The molecular formula is C11H18N4O2. The number of carbonyl (C=O) groups is 1. The Labute approximate surface area is 100 Å². The Balaban J connectivity index is 2.30.